The monoisotopic (exact) mass is 401 g/mol. The third kappa shape index (κ3) is 3.84. The number of fused-ring (bicyclic) bond motifs is 1. The summed E-state index contributed by atoms with van der Waals surface area (Å²) in [5, 5.41) is 16.2. The highest BCUT2D eigenvalue weighted by Gasteiger charge is 2.35. The van der Waals surface area contributed by atoms with E-state index in [1.54, 1.807) is 24.3 Å². The van der Waals surface area contributed by atoms with E-state index < -0.39 is 0 Å². The van der Waals surface area contributed by atoms with Gasteiger partial charge in [-0.15, -0.1) is 10.2 Å². The van der Waals surface area contributed by atoms with E-state index in [4.69, 9.17) is 12.2 Å². The molecule has 2 heterocycles. The summed E-state index contributed by atoms with van der Waals surface area (Å²) >= 11 is 6.64. The van der Waals surface area contributed by atoms with Gasteiger partial charge in [0.25, 0.3) is 11.8 Å². The molecule has 7 nitrogen and oxygen atoms in total. The second kappa shape index (κ2) is 7.69. The molecule has 0 saturated heterocycles. The number of hydrogen-bond acceptors (Lipinski definition) is 6. The molecule has 1 aliphatic carbocycles. The number of nitrogens with zero attached hydrogens (tertiary/aromatic N) is 3. The van der Waals surface area contributed by atoms with Crippen LogP contribution in [0.5, 0.6) is 0 Å². The zero-order chi connectivity index (χ0) is 18.8. The largest absolute Gasteiger partial charge is 0.360 e. The maximum Gasteiger partial charge on any atom is 0.261 e. The summed E-state index contributed by atoms with van der Waals surface area (Å²) in [5.74, 6) is -0.593. The fourth-order valence-electron chi connectivity index (χ4n) is 3.45. The van der Waals surface area contributed by atoms with Gasteiger partial charge in [0, 0.05) is 6.04 Å². The molecule has 2 aromatic rings. The van der Waals surface area contributed by atoms with Crippen LogP contribution in [0.25, 0.3) is 0 Å². The summed E-state index contributed by atoms with van der Waals surface area (Å²) in [6.07, 6.45) is 5.99. The molecule has 1 saturated carbocycles. The van der Waals surface area contributed by atoms with Crippen molar-refractivity contribution in [3.8, 4) is 0 Å². The maximum absolute atomic E-state index is 12.4. The van der Waals surface area contributed by atoms with Crippen LogP contribution >= 0.6 is 23.6 Å². The normalized spacial score (nSPS) is 17.1. The molecule has 2 amide bonds. The van der Waals surface area contributed by atoms with Crippen LogP contribution in [-0.2, 0) is 6.54 Å². The molecular weight excluding hydrogens is 382 g/mol. The number of nitrogens with one attached hydrogen (secondary N) is 2. The molecule has 4 rings (SSSR count). The predicted octanol–water partition coefficient (Wildman–Crippen LogP) is 2.95. The van der Waals surface area contributed by atoms with E-state index >= 15 is 0 Å². The fraction of sp³-hybridized carbons (Fsp3) is 0.389. The van der Waals surface area contributed by atoms with E-state index in [1.165, 1.54) is 35.5 Å². The minimum absolute atomic E-state index is 0.106. The van der Waals surface area contributed by atoms with Crippen LogP contribution in [0.2, 0.25) is 0 Å². The number of amides is 2. The van der Waals surface area contributed by atoms with Crippen molar-refractivity contribution in [3.63, 3.8) is 0 Å². The Morgan fingerprint density at radius 1 is 1.11 bits per heavy atom. The van der Waals surface area contributed by atoms with Gasteiger partial charge in [0.15, 0.2) is 5.11 Å². The quantitative estimate of drug-likeness (QED) is 0.602. The van der Waals surface area contributed by atoms with Crippen LogP contribution in [0.3, 0.4) is 0 Å². The summed E-state index contributed by atoms with van der Waals surface area (Å²) < 4.78 is 0. The third-order valence-corrected chi connectivity index (χ3v) is 5.84. The maximum atomic E-state index is 12.4. The van der Waals surface area contributed by atoms with Gasteiger partial charge in [-0.3, -0.25) is 14.5 Å². The molecule has 1 aromatic carbocycles. The SMILES string of the molecule is O=C1c2ccccc2C(=O)N1Cc1nnc(NC(=S)NC2CCCCC2)s1. The summed E-state index contributed by atoms with van der Waals surface area (Å²) in [6, 6.07) is 7.24. The molecule has 0 atom stereocenters. The van der Waals surface area contributed by atoms with Crippen LogP contribution in [0.1, 0.15) is 57.8 Å². The molecule has 9 heteroatoms. The number of aromatic nitrogens is 2. The van der Waals surface area contributed by atoms with Crippen molar-refractivity contribution in [2.24, 2.45) is 0 Å². The fourth-order valence-corrected chi connectivity index (χ4v) is 4.51. The summed E-state index contributed by atoms with van der Waals surface area (Å²) in [7, 11) is 0. The lowest BCUT2D eigenvalue weighted by molar-refractivity contribution is 0.0642. The van der Waals surface area contributed by atoms with E-state index in [0.717, 1.165) is 12.8 Å². The van der Waals surface area contributed by atoms with Crippen LogP contribution < -0.4 is 10.6 Å². The Hall–Kier alpha value is -2.39. The Bertz CT molecular complexity index is 856. The van der Waals surface area contributed by atoms with Gasteiger partial charge < -0.3 is 10.6 Å². The standard InChI is InChI=1S/C18H19N5O2S2/c24-15-12-8-4-5-9-13(12)16(25)23(15)10-14-21-22-18(27-14)20-17(26)19-11-6-2-1-3-7-11/h4-5,8-9,11H,1-3,6-7,10H2,(H2,19,20,22,26). The highest BCUT2D eigenvalue weighted by atomic mass is 32.1. The van der Waals surface area contributed by atoms with Crippen molar-refractivity contribution < 1.29 is 9.59 Å². The molecule has 0 bridgehead atoms. The number of benzene rings is 1. The molecule has 0 unspecified atom stereocenters. The topological polar surface area (TPSA) is 87.2 Å². The van der Waals surface area contributed by atoms with Crippen LogP contribution in [0.15, 0.2) is 24.3 Å². The summed E-state index contributed by atoms with van der Waals surface area (Å²) in [5.41, 5.74) is 0.867. The summed E-state index contributed by atoms with van der Waals surface area (Å²) in [6.45, 7) is 0.106. The smallest absolute Gasteiger partial charge is 0.261 e. The van der Waals surface area contributed by atoms with E-state index in [0.29, 0.717) is 32.4 Å². The lowest BCUT2D eigenvalue weighted by Gasteiger charge is -2.23. The van der Waals surface area contributed by atoms with Gasteiger partial charge in [0.05, 0.1) is 17.7 Å². The second-order valence-electron chi connectivity index (χ2n) is 6.68. The Balaban J connectivity index is 1.37. The number of hydrogen-bond donors (Lipinski definition) is 2. The van der Waals surface area contributed by atoms with Crippen molar-refractivity contribution in [1.29, 1.82) is 0 Å². The van der Waals surface area contributed by atoms with Crippen molar-refractivity contribution in [2.75, 3.05) is 5.32 Å². The lowest BCUT2D eigenvalue weighted by Crippen LogP contribution is -2.38. The van der Waals surface area contributed by atoms with Gasteiger partial charge in [-0.2, -0.15) is 0 Å². The second-order valence-corrected chi connectivity index (χ2v) is 8.15. The molecule has 1 aromatic heterocycles. The van der Waals surface area contributed by atoms with Gasteiger partial charge in [-0.25, -0.2) is 0 Å². The summed E-state index contributed by atoms with van der Waals surface area (Å²) in [4.78, 5) is 26.1. The number of carbonyl (C=O) groups is 2. The van der Waals surface area contributed by atoms with Crippen LogP contribution in [0, 0.1) is 0 Å². The molecular formula is C18H19N5O2S2. The Morgan fingerprint density at radius 2 is 1.78 bits per heavy atom. The molecule has 27 heavy (non-hydrogen) atoms. The number of imide groups is 1. The van der Waals surface area contributed by atoms with Gasteiger partial charge in [0.2, 0.25) is 5.13 Å². The Kier molecular flexibility index (Phi) is 5.13. The number of carbonyl (C=O) groups excluding carboxylic acids is 2. The van der Waals surface area contributed by atoms with Gasteiger partial charge in [-0.1, -0.05) is 42.7 Å². The molecule has 0 radical (unpaired) electrons. The predicted molar refractivity (Wildman–Crippen MR) is 107 cm³/mol. The number of rotatable bonds is 4. The highest BCUT2D eigenvalue weighted by molar-refractivity contribution is 7.80. The Labute approximate surface area is 166 Å². The number of anilines is 1. The Morgan fingerprint density at radius 3 is 2.44 bits per heavy atom. The first-order valence-corrected chi connectivity index (χ1v) is 10.2. The van der Waals surface area contributed by atoms with Gasteiger partial charge in [-0.05, 0) is 37.2 Å². The van der Waals surface area contributed by atoms with Crippen LogP contribution in [0.4, 0.5) is 5.13 Å². The molecule has 2 N–H and O–H groups in total. The number of thiocarbonyl (C=S) groups is 1. The average Bonchev–Trinajstić information content (AvgIpc) is 3.21. The zero-order valence-corrected chi connectivity index (χ0v) is 16.2. The van der Waals surface area contributed by atoms with Crippen molar-refractivity contribution >= 4 is 45.6 Å². The van der Waals surface area contributed by atoms with E-state index in [1.807, 2.05) is 0 Å². The van der Waals surface area contributed by atoms with Crippen LogP contribution in [-0.4, -0.2) is 38.1 Å². The van der Waals surface area contributed by atoms with Gasteiger partial charge in [0.1, 0.15) is 5.01 Å². The first kappa shape index (κ1) is 18.0. The third-order valence-electron chi connectivity index (χ3n) is 4.80. The molecule has 2 aliphatic rings. The van der Waals surface area contributed by atoms with Crippen molar-refractivity contribution in [1.82, 2.24) is 20.4 Å². The van der Waals surface area contributed by atoms with E-state index in [-0.39, 0.29) is 18.4 Å². The highest BCUT2D eigenvalue weighted by Crippen LogP contribution is 2.26. The molecule has 1 aliphatic heterocycles. The zero-order valence-electron chi connectivity index (χ0n) is 14.6. The van der Waals surface area contributed by atoms with E-state index in [2.05, 4.69) is 20.8 Å². The average molecular weight is 402 g/mol. The van der Waals surface area contributed by atoms with E-state index in [9.17, 15) is 9.59 Å². The van der Waals surface area contributed by atoms with Gasteiger partial charge >= 0.3 is 0 Å². The first-order valence-electron chi connectivity index (χ1n) is 8.97. The minimum Gasteiger partial charge on any atom is -0.360 e. The van der Waals surface area contributed by atoms with Crippen molar-refractivity contribution in [3.05, 3.63) is 40.4 Å². The minimum atomic E-state index is -0.296. The lowest BCUT2D eigenvalue weighted by atomic mass is 9.96. The molecule has 1 fully saturated rings. The van der Waals surface area contributed by atoms with Crippen molar-refractivity contribution in [2.45, 2.75) is 44.7 Å². The molecule has 0 spiro atoms. The first-order chi connectivity index (χ1) is 13.1. The molecule has 140 valence electrons.